The lowest BCUT2D eigenvalue weighted by atomic mass is 9.98. The van der Waals surface area contributed by atoms with Crippen molar-refractivity contribution in [2.24, 2.45) is 11.8 Å². The van der Waals surface area contributed by atoms with E-state index in [9.17, 15) is 4.79 Å². The van der Waals surface area contributed by atoms with E-state index in [-0.39, 0.29) is 5.92 Å². The van der Waals surface area contributed by atoms with E-state index in [1.807, 2.05) is 0 Å². The highest BCUT2D eigenvalue weighted by Gasteiger charge is 2.29. The van der Waals surface area contributed by atoms with Crippen molar-refractivity contribution in [1.82, 2.24) is 10.2 Å². The first kappa shape index (κ1) is 9.97. The summed E-state index contributed by atoms with van der Waals surface area (Å²) in [6.45, 7) is 6.12. The van der Waals surface area contributed by atoms with Gasteiger partial charge in [-0.15, -0.1) is 0 Å². The second-order valence-electron chi connectivity index (χ2n) is 4.72. The summed E-state index contributed by atoms with van der Waals surface area (Å²) in [5, 5.41) is 3.26. The van der Waals surface area contributed by atoms with E-state index in [4.69, 9.17) is 0 Å². The van der Waals surface area contributed by atoms with Crippen molar-refractivity contribution >= 4 is 5.91 Å². The van der Waals surface area contributed by atoms with Gasteiger partial charge in [-0.2, -0.15) is 0 Å². The third-order valence-electron chi connectivity index (χ3n) is 3.38. The van der Waals surface area contributed by atoms with Gasteiger partial charge in [0.1, 0.15) is 0 Å². The highest BCUT2D eigenvalue weighted by Crippen LogP contribution is 2.19. The number of carbonyl (C=O) groups excluding carboxylic acids is 1. The molecule has 2 atom stereocenters. The zero-order valence-corrected chi connectivity index (χ0v) is 8.96. The monoisotopic (exact) mass is 196 g/mol. The molecule has 2 heterocycles. The highest BCUT2D eigenvalue weighted by molar-refractivity contribution is 5.79. The number of hydrogen-bond acceptors (Lipinski definition) is 2. The lowest BCUT2D eigenvalue weighted by molar-refractivity contribution is -0.136. The number of nitrogens with one attached hydrogen (secondary N) is 1. The zero-order valence-electron chi connectivity index (χ0n) is 8.96. The smallest absolute Gasteiger partial charge is 0.227 e. The molecule has 0 aromatic heterocycles. The minimum atomic E-state index is 0.264. The van der Waals surface area contributed by atoms with Gasteiger partial charge in [0.15, 0.2) is 0 Å². The van der Waals surface area contributed by atoms with Crippen LogP contribution >= 0.6 is 0 Å². The molecule has 80 valence electrons. The molecule has 2 aliphatic heterocycles. The van der Waals surface area contributed by atoms with E-state index in [0.29, 0.717) is 11.8 Å². The van der Waals surface area contributed by atoms with Crippen molar-refractivity contribution < 1.29 is 4.79 Å². The molecule has 3 heteroatoms. The molecule has 2 fully saturated rings. The van der Waals surface area contributed by atoms with Crippen molar-refractivity contribution in [3.05, 3.63) is 0 Å². The second kappa shape index (κ2) is 4.30. The van der Waals surface area contributed by atoms with E-state index in [0.717, 1.165) is 32.6 Å². The molecule has 14 heavy (non-hydrogen) atoms. The van der Waals surface area contributed by atoms with Crippen LogP contribution in [-0.2, 0) is 4.79 Å². The Hall–Kier alpha value is -0.570. The Balaban J connectivity index is 1.89. The molecule has 0 aromatic carbocycles. The Kier molecular flexibility index (Phi) is 3.06. The summed E-state index contributed by atoms with van der Waals surface area (Å²) in [4.78, 5) is 14.1. The summed E-state index contributed by atoms with van der Waals surface area (Å²) in [5.74, 6) is 1.35. The van der Waals surface area contributed by atoms with Crippen molar-refractivity contribution in [2.75, 3.05) is 26.2 Å². The lowest BCUT2D eigenvalue weighted by Crippen LogP contribution is -2.42. The molecule has 0 saturated carbocycles. The van der Waals surface area contributed by atoms with E-state index in [1.165, 1.54) is 12.8 Å². The summed E-state index contributed by atoms with van der Waals surface area (Å²) in [6, 6.07) is 0. The van der Waals surface area contributed by atoms with E-state index >= 15 is 0 Å². The molecule has 1 amide bonds. The number of rotatable bonds is 1. The van der Waals surface area contributed by atoms with E-state index in [2.05, 4.69) is 17.1 Å². The largest absolute Gasteiger partial charge is 0.342 e. The SMILES string of the molecule is C[C@H]1CCCN(C(=O)C2CCNC2)C1. The fraction of sp³-hybridized carbons (Fsp3) is 0.909. The standard InChI is InChI=1S/C11H20N2O/c1-9-3-2-6-13(8-9)11(14)10-4-5-12-7-10/h9-10,12H,2-8H2,1H3/t9-,10?/m0/s1. The maximum Gasteiger partial charge on any atom is 0.227 e. The van der Waals surface area contributed by atoms with Gasteiger partial charge < -0.3 is 10.2 Å². The Bertz CT molecular complexity index is 211. The van der Waals surface area contributed by atoms with Gasteiger partial charge in [0.05, 0.1) is 5.92 Å². The Morgan fingerprint density at radius 2 is 2.29 bits per heavy atom. The molecule has 0 bridgehead atoms. The molecule has 0 radical (unpaired) electrons. The normalized spacial score (nSPS) is 33.4. The van der Waals surface area contributed by atoms with Crippen LogP contribution in [0.2, 0.25) is 0 Å². The van der Waals surface area contributed by atoms with Crippen molar-refractivity contribution in [2.45, 2.75) is 26.2 Å². The lowest BCUT2D eigenvalue weighted by Gasteiger charge is -2.32. The zero-order chi connectivity index (χ0) is 9.97. The first-order valence-electron chi connectivity index (χ1n) is 5.77. The van der Waals surface area contributed by atoms with Crippen LogP contribution in [-0.4, -0.2) is 37.0 Å². The summed E-state index contributed by atoms with van der Waals surface area (Å²) in [7, 11) is 0. The Morgan fingerprint density at radius 3 is 2.93 bits per heavy atom. The molecule has 0 aliphatic carbocycles. The van der Waals surface area contributed by atoms with Gasteiger partial charge in [-0.3, -0.25) is 4.79 Å². The number of nitrogens with zero attached hydrogens (tertiary/aromatic N) is 1. The van der Waals surface area contributed by atoms with Crippen molar-refractivity contribution in [1.29, 1.82) is 0 Å². The van der Waals surface area contributed by atoms with Crippen LogP contribution in [0.4, 0.5) is 0 Å². The molecule has 2 rings (SSSR count). The highest BCUT2D eigenvalue weighted by atomic mass is 16.2. The van der Waals surface area contributed by atoms with Crippen molar-refractivity contribution in [3.63, 3.8) is 0 Å². The second-order valence-corrected chi connectivity index (χ2v) is 4.72. The van der Waals surface area contributed by atoms with Gasteiger partial charge in [0, 0.05) is 19.6 Å². The van der Waals surface area contributed by atoms with Crippen LogP contribution < -0.4 is 5.32 Å². The molecule has 0 spiro atoms. The van der Waals surface area contributed by atoms with Crippen LogP contribution in [0.15, 0.2) is 0 Å². The van der Waals surface area contributed by atoms with Gasteiger partial charge in [-0.25, -0.2) is 0 Å². The summed E-state index contributed by atoms with van der Waals surface area (Å²) in [6.07, 6.45) is 3.50. The van der Waals surface area contributed by atoms with Crippen LogP contribution in [0.5, 0.6) is 0 Å². The van der Waals surface area contributed by atoms with Crippen molar-refractivity contribution in [3.8, 4) is 0 Å². The molecule has 3 nitrogen and oxygen atoms in total. The fourth-order valence-corrected chi connectivity index (χ4v) is 2.51. The van der Waals surface area contributed by atoms with E-state index in [1.54, 1.807) is 0 Å². The molecular weight excluding hydrogens is 176 g/mol. The summed E-state index contributed by atoms with van der Waals surface area (Å²) in [5.41, 5.74) is 0. The Morgan fingerprint density at radius 1 is 1.43 bits per heavy atom. The molecule has 2 aliphatic rings. The van der Waals surface area contributed by atoms with Gasteiger partial charge in [0.2, 0.25) is 5.91 Å². The number of likely N-dealkylation sites (tertiary alicyclic amines) is 1. The Labute approximate surface area is 85.8 Å². The first-order chi connectivity index (χ1) is 6.77. The van der Waals surface area contributed by atoms with Gasteiger partial charge in [-0.05, 0) is 31.7 Å². The number of carbonyl (C=O) groups is 1. The number of hydrogen-bond donors (Lipinski definition) is 1. The molecule has 0 aromatic rings. The first-order valence-corrected chi connectivity index (χ1v) is 5.77. The van der Waals surface area contributed by atoms with Gasteiger partial charge >= 0.3 is 0 Å². The molecule has 2 saturated heterocycles. The number of piperidine rings is 1. The van der Waals surface area contributed by atoms with Crippen LogP contribution in [0.25, 0.3) is 0 Å². The third kappa shape index (κ3) is 2.08. The average Bonchev–Trinajstić information content (AvgIpc) is 2.69. The third-order valence-corrected chi connectivity index (χ3v) is 3.38. The quantitative estimate of drug-likeness (QED) is 0.674. The predicted octanol–water partition coefficient (Wildman–Crippen LogP) is 0.854. The van der Waals surface area contributed by atoms with Gasteiger partial charge in [0.25, 0.3) is 0 Å². The average molecular weight is 196 g/mol. The molecular formula is C11H20N2O. The minimum Gasteiger partial charge on any atom is -0.342 e. The molecule has 1 unspecified atom stereocenters. The molecule has 1 N–H and O–H groups in total. The number of amides is 1. The minimum absolute atomic E-state index is 0.264. The topological polar surface area (TPSA) is 32.3 Å². The van der Waals surface area contributed by atoms with Crippen LogP contribution in [0.3, 0.4) is 0 Å². The predicted molar refractivity (Wildman–Crippen MR) is 56.0 cm³/mol. The maximum atomic E-state index is 12.0. The van der Waals surface area contributed by atoms with Crippen LogP contribution in [0, 0.1) is 11.8 Å². The summed E-state index contributed by atoms with van der Waals surface area (Å²) < 4.78 is 0. The maximum absolute atomic E-state index is 12.0. The summed E-state index contributed by atoms with van der Waals surface area (Å²) >= 11 is 0. The van der Waals surface area contributed by atoms with E-state index < -0.39 is 0 Å². The fourth-order valence-electron chi connectivity index (χ4n) is 2.51. The van der Waals surface area contributed by atoms with Crippen LogP contribution in [0.1, 0.15) is 26.2 Å². The van der Waals surface area contributed by atoms with Gasteiger partial charge in [-0.1, -0.05) is 6.92 Å².